The summed E-state index contributed by atoms with van der Waals surface area (Å²) >= 11 is 0. The molecule has 0 atom stereocenters. The number of aromatic carboxylic acids is 1. The van der Waals surface area contributed by atoms with E-state index in [0.29, 0.717) is 6.54 Å². The lowest BCUT2D eigenvalue weighted by molar-refractivity contribution is -0.123. The minimum Gasteiger partial charge on any atom is -0.477 e. The van der Waals surface area contributed by atoms with Crippen LogP contribution in [0.25, 0.3) is 0 Å². The number of hydrogen-bond donors (Lipinski definition) is 3. The summed E-state index contributed by atoms with van der Waals surface area (Å²) in [6.45, 7) is 2.74. The predicted molar refractivity (Wildman–Crippen MR) is 86.8 cm³/mol. The third-order valence-corrected chi connectivity index (χ3v) is 3.48. The number of rotatable bonds is 9. The normalized spacial score (nSPS) is 10.4. The number of carbonyl (C=O) groups is 3. The number of aryl methyl sites for hydroxylation is 2. The molecule has 0 bridgehead atoms. The van der Waals surface area contributed by atoms with Crippen LogP contribution in [-0.4, -0.2) is 55.5 Å². The number of carbonyl (C=O) groups excluding carboxylic acids is 2. The van der Waals surface area contributed by atoms with Gasteiger partial charge in [-0.2, -0.15) is 10.2 Å². The van der Waals surface area contributed by atoms with Gasteiger partial charge in [-0.05, 0) is 19.1 Å². The molecule has 0 fully saturated rings. The van der Waals surface area contributed by atoms with Crippen molar-refractivity contribution in [2.75, 3.05) is 13.1 Å². The van der Waals surface area contributed by atoms with E-state index in [4.69, 9.17) is 5.11 Å². The second kappa shape index (κ2) is 8.62. The molecule has 2 heterocycles. The number of carboxylic acids is 1. The molecule has 0 saturated carbocycles. The van der Waals surface area contributed by atoms with Gasteiger partial charge < -0.3 is 15.7 Å². The maximum atomic E-state index is 11.7. The zero-order chi connectivity index (χ0) is 18.2. The van der Waals surface area contributed by atoms with Gasteiger partial charge in [0, 0.05) is 37.6 Å². The van der Waals surface area contributed by atoms with Crippen molar-refractivity contribution in [2.24, 2.45) is 0 Å². The molecule has 2 rings (SSSR count). The lowest BCUT2D eigenvalue weighted by atomic mass is 10.3. The minimum atomic E-state index is -1.09. The molecule has 0 aliphatic rings. The summed E-state index contributed by atoms with van der Waals surface area (Å²) in [4.78, 5) is 34.4. The highest BCUT2D eigenvalue weighted by Crippen LogP contribution is 2.00. The summed E-state index contributed by atoms with van der Waals surface area (Å²) in [5, 5.41) is 22.2. The van der Waals surface area contributed by atoms with Crippen molar-refractivity contribution in [1.29, 1.82) is 0 Å². The molecule has 134 valence electrons. The van der Waals surface area contributed by atoms with Gasteiger partial charge in [0.05, 0.1) is 6.54 Å². The predicted octanol–water partition coefficient (Wildman–Crippen LogP) is -0.591. The topological polar surface area (TPSA) is 131 Å². The van der Waals surface area contributed by atoms with Crippen molar-refractivity contribution in [3.05, 3.63) is 35.9 Å². The van der Waals surface area contributed by atoms with Gasteiger partial charge in [-0.3, -0.25) is 19.0 Å². The number of carboxylic acid groups (broad SMARTS) is 1. The molecule has 0 aromatic carbocycles. The molecular formula is C15H20N6O4. The first-order valence-corrected chi connectivity index (χ1v) is 7.74. The fourth-order valence-electron chi connectivity index (χ4n) is 2.15. The molecule has 2 aromatic rings. The van der Waals surface area contributed by atoms with E-state index >= 15 is 0 Å². The van der Waals surface area contributed by atoms with Gasteiger partial charge in [-0.15, -0.1) is 0 Å². The second-order valence-electron chi connectivity index (χ2n) is 5.32. The van der Waals surface area contributed by atoms with Gasteiger partial charge in [0.2, 0.25) is 11.8 Å². The smallest absolute Gasteiger partial charge is 0.354 e. The van der Waals surface area contributed by atoms with Crippen molar-refractivity contribution in [3.63, 3.8) is 0 Å². The van der Waals surface area contributed by atoms with Crippen LogP contribution in [0, 0.1) is 6.92 Å². The minimum absolute atomic E-state index is 0.0361. The molecule has 0 spiro atoms. The first kappa shape index (κ1) is 18.2. The molecule has 2 amide bonds. The van der Waals surface area contributed by atoms with Gasteiger partial charge in [-0.1, -0.05) is 0 Å². The van der Waals surface area contributed by atoms with Crippen LogP contribution in [0.2, 0.25) is 0 Å². The fourth-order valence-corrected chi connectivity index (χ4v) is 2.15. The van der Waals surface area contributed by atoms with Crippen LogP contribution in [-0.2, 0) is 22.7 Å². The zero-order valence-electron chi connectivity index (χ0n) is 13.8. The summed E-state index contributed by atoms with van der Waals surface area (Å²) in [7, 11) is 0. The van der Waals surface area contributed by atoms with Crippen LogP contribution >= 0.6 is 0 Å². The highest BCUT2D eigenvalue weighted by Gasteiger charge is 2.11. The lowest BCUT2D eigenvalue weighted by Crippen LogP contribution is -2.36. The van der Waals surface area contributed by atoms with Crippen molar-refractivity contribution < 1.29 is 19.5 Å². The first-order valence-electron chi connectivity index (χ1n) is 7.74. The molecular weight excluding hydrogens is 328 g/mol. The Bertz CT molecular complexity index is 751. The maximum Gasteiger partial charge on any atom is 0.354 e. The van der Waals surface area contributed by atoms with Gasteiger partial charge in [0.25, 0.3) is 0 Å². The Morgan fingerprint density at radius 2 is 1.68 bits per heavy atom. The van der Waals surface area contributed by atoms with Crippen LogP contribution in [0.3, 0.4) is 0 Å². The van der Waals surface area contributed by atoms with E-state index in [2.05, 4.69) is 20.8 Å². The van der Waals surface area contributed by atoms with E-state index in [1.807, 2.05) is 13.0 Å². The van der Waals surface area contributed by atoms with Crippen molar-refractivity contribution in [2.45, 2.75) is 26.4 Å². The summed E-state index contributed by atoms with van der Waals surface area (Å²) in [5.74, 6) is -1.53. The fraction of sp³-hybridized carbons (Fsp3) is 0.400. The molecule has 10 nitrogen and oxygen atoms in total. The Balaban J connectivity index is 1.62. The zero-order valence-corrected chi connectivity index (χ0v) is 13.8. The Labute approximate surface area is 143 Å². The Kier molecular flexibility index (Phi) is 6.26. The van der Waals surface area contributed by atoms with Crippen LogP contribution in [0.4, 0.5) is 0 Å². The summed E-state index contributed by atoms with van der Waals surface area (Å²) in [6.07, 6.45) is 3.10. The highest BCUT2D eigenvalue weighted by molar-refractivity contribution is 5.85. The second-order valence-corrected chi connectivity index (χ2v) is 5.32. The van der Waals surface area contributed by atoms with E-state index in [1.54, 1.807) is 10.9 Å². The Morgan fingerprint density at radius 1 is 1.04 bits per heavy atom. The van der Waals surface area contributed by atoms with Gasteiger partial charge in [0.1, 0.15) is 12.2 Å². The third kappa shape index (κ3) is 5.44. The lowest BCUT2D eigenvalue weighted by Gasteiger charge is -2.08. The van der Waals surface area contributed by atoms with Gasteiger partial charge in [0.15, 0.2) is 0 Å². The van der Waals surface area contributed by atoms with Crippen LogP contribution in [0.15, 0.2) is 24.5 Å². The molecule has 0 unspecified atom stereocenters. The van der Waals surface area contributed by atoms with E-state index < -0.39 is 5.97 Å². The van der Waals surface area contributed by atoms with E-state index in [1.165, 1.54) is 16.9 Å². The number of nitrogens with one attached hydrogen (secondary N) is 2. The van der Waals surface area contributed by atoms with E-state index in [9.17, 15) is 14.4 Å². The molecule has 0 saturated heterocycles. The molecule has 2 aromatic heterocycles. The number of hydrogen-bond acceptors (Lipinski definition) is 5. The van der Waals surface area contributed by atoms with Gasteiger partial charge >= 0.3 is 5.97 Å². The highest BCUT2D eigenvalue weighted by atomic mass is 16.4. The third-order valence-electron chi connectivity index (χ3n) is 3.48. The van der Waals surface area contributed by atoms with Crippen molar-refractivity contribution in [3.8, 4) is 0 Å². The van der Waals surface area contributed by atoms with E-state index in [0.717, 1.165) is 5.69 Å². The van der Waals surface area contributed by atoms with Gasteiger partial charge in [-0.25, -0.2) is 4.79 Å². The summed E-state index contributed by atoms with van der Waals surface area (Å²) in [6, 6.07) is 3.18. The summed E-state index contributed by atoms with van der Waals surface area (Å²) < 4.78 is 2.84. The molecule has 3 N–H and O–H groups in total. The SMILES string of the molecule is Cc1ccnn1CC(=O)NCCNC(=O)CCn1nccc1C(=O)O. The average Bonchev–Trinajstić information content (AvgIpc) is 3.19. The maximum absolute atomic E-state index is 11.7. The van der Waals surface area contributed by atoms with Crippen molar-refractivity contribution in [1.82, 2.24) is 30.2 Å². The van der Waals surface area contributed by atoms with Crippen LogP contribution in [0.5, 0.6) is 0 Å². The van der Waals surface area contributed by atoms with Crippen molar-refractivity contribution >= 4 is 17.8 Å². The first-order chi connectivity index (χ1) is 12.0. The Morgan fingerprint density at radius 3 is 2.32 bits per heavy atom. The monoisotopic (exact) mass is 348 g/mol. The number of amides is 2. The molecule has 10 heteroatoms. The molecule has 0 radical (unpaired) electrons. The molecule has 0 aliphatic heterocycles. The van der Waals surface area contributed by atoms with E-state index in [-0.39, 0.29) is 43.6 Å². The Hall–Kier alpha value is -3.17. The van der Waals surface area contributed by atoms with Crippen LogP contribution in [0.1, 0.15) is 22.6 Å². The largest absolute Gasteiger partial charge is 0.477 e. The summed E-state index contributed by atoms with van der Waals surface area (Å²) in [5.41, 5.74) is 0.928. The standard InChI is InChI=1S/C15H20N6O4/c1-11-2-5-19-21(11)10-14(23)17-8-7-16-13(22)4-9-20-12(15(24)25)3-6-18-20/h2-3,5-6H,4,7-10H2,1H3,(H,16,22)(H,17,23)(H,24,25). The number of nitrogens with zero attached hydrogens (tertiary/aromatic N) is 4. The average molecular weight is 348 g/mol. The van der Waals surface area contributed by atoms with Crippen LogP contribution < -0.4 is 10.6 Å². The number of aromatic nitrogens is 4. The molecule has 0 aliphatic carbocycles. The quantitative estimate of drug-likeness (QED) is 0.519. The molecule has 25 heavy (non-hydrogen) atoms.